The Morgan fingerprint density at radius 2 is 1.83 bits per heavy atom. The van der Waals surface area contributed by atoms with Crippen LogP contribution < -0.4 is 0 Å². The number of azo groups is 1. The molecular formula is C35H51FI2N4. The van der Waals surface area contributed by atoms with Gasteiger partial charge in [-0.1, -0.05) is 58.1 Å². The summed E-state index contributed by atoms with van der Waals surface area (Å²) in [6.45, 7) is 13.5. The van der Waals surface area contributed by atoms with Crippen molar-refractivity contribution in [3.63, 3.8) is 0 Å². The number of nitrogens with zero attached hydrogens (tertiary/aromatic N) is 4. The molecule has 3 saturated carbocycles. The summed E-state index contributed by atoms with van der Waals surface area (Å²) < 4.78 is 14.3. The van der Waals surface area contributed by atoms with Gasteiger partial charge in [-0.15, -0.1) is 0 Å². The van der Waals surface area contributed by atoms with E-state index in [0.29, 0.717) is 23.9 Å². The SMILES string of the molecule is C=C1C2C=C(CN3CCCC(C)C3)C=C(C(F)(I)I)C2=CN1C1CCCC([C@@H](C2CCC2)[C@H](C)/N=N\CCC2CC2)C1. The van der Waals surface area contributed by atoms with Crippen molar-refractivity contribution < 1.29 is 4.39 Å². The maximum atomic E-state index is 15.7. The summed E-state index contributed by atoms with van der Waals surface area (Å²) in [5.74, 6) is 3.86. The molecule has 4 fully saturated rings. The third-order valence-electron chi connectivity index (χ3n) is 11.3. The summed E-state index contributed by atoms with van der Waals surface area (Å²) in [6, 6.07) is 0.748. The van der Waals surface area contributed by atoms with Crippen LogP contribution in [0.4, 0.5) is 4.39 Å². The molecule has 6 aliphatic rings. The lowest BCUT2D eigenvalue weighted by Crippen LogP contribution is -2.41. The van der Waals surface area contributed by atoms with Gasteiger partial charge in [0.15, 0.2) is 0 Å². The Hall–Kier alpha value is -0.290. The molecule has 0 aromatic rings. The summed E-state index contributed by atoms with van der Waals surface area (Å²) in [7, 11) is 0. The second-order valence-corrected chi connectivity index (χ2v) is 19.6. The summed E-state index contributed by atoms with van der Waals surface area (Å²) in [5.41, 5.74) is 4.36. The highest BCUT2D eigenvalue weighted by atomic mass is 127. The first-order valence-corrected chi connectivity index (χ1v) is 19.1. The number of piperidine rings is 1. The van der Waals surface area contributed by atoms with Crippen molar-refractivity contribution in [2.45, 2.75) is 105 Å². The number of rotatable bonds is 11. The van der Waals surface area contributed by atoms with E-state index in [2.05, 4.69) is 53.7 Å². The number of allylic oxidation sites excluding steroid dienone is 2. The van der Waals surface area contributed by atoms with Crippen molar-refractivity contribution in [2.75, 3.05) is 26.2 Å². The molecule has 6 atom stereocenters. The Labute approximate surface area is 281 Å². The lowest BCUT2D eigenvalue weighted by atomic mass is 9.64. The normalized spacial score (nSPS) is 32.7. The first kappa shape index (κ1) is 31.7. The van der Waals surface area contributed by atoms with Gasteiger partial charge < -0.3 is 4.90 Å². The van der Waals surface area contributed by atoms with E-state index in [4.69, 9.17) is 5.11 Å². The van der Waals surface area contributed by atoms with Crippen molar-refractivity contribution >= 4 is 45.2 Å². The van der Waals surface area contributed by atoms with Crippen molar-refractivity contribution in [3.8, 4) is 0 Å². The first-order chi connectivity index (χ1) is 20.2. The van der Waals surface area contributed by atoms with Crippen LogP contribution in [0.1, 0.15) is 90.9 Å². The molecule has 4 nitrogen and oxygen atoms in total. The molecule has 4 unspecified atom stereocenters. The summed E-state index contributed by atoms with van der Waals surface area (Å²) in [5, 5.41) is 9.60. The topological polar surface area (TPSA) is 31.2 Å². The second kappa shape index (κ2) is 13.6. The molecule has 232 valence electrons. The minimum Gasteiger partial charge on any atom is -0.348 e. The Bertz CT molecular complexity index is 1110. The van der Waals surface area contributed by atoms with Crippen LogP contribution in [0.5, 0.6) is 0 Å². The van der Waals surface area contributed by atoms with E-state index in [0.717, 1.165) is 60.8 Å². The highest BCUT2D eigenvalue weighted by molar-refractivity contribution is 14.2. The minimum absolute atomic E-state index is 0.0869. The number of alkyl halides is 3. The molecule has 0 spiro atoms. The van der Waals surface area contributed by atoms with E-state index < -0.39 is 1.68 Å². The van der Waals surface area contributed by atoms with Crippen LogP contribution in [-0.4, -0.2) is 49.7 Å². The van der Waals surface area contributed by atoms with Crippen molar-refractivity contribution in [1.29, 1.82) is 0 Å². The zero-order valence-electron chi connectivity index (χ0n) is 25.8. The maximum absolute atomic E-state index is 15.7. The van der Waals surface area contributed by atoms with Crippen LogP contribution in [0.15, 0.2) is 57.6 Å². The molecule has 0 bridgehead atoms. The number of fused-ring (bicyclic) bond motifs is 1. The molecule has 0 radical (unpaired) electrons. The molecule has 2 heterocycles. The Kier molecular flexibility index (Phi) is 10.3. The third-order valence-corrected chi connectivity index (χ3v) is 12.4. The van der Waals surface area contributed by atoms with Gasteiger partial charge >= 0.3 is 0 Å². The lowest BCUT2D eigenvalue weighted by molar-refractivity contribution is 0.0742. The van der Waals surface area contributed by atoms with E-state index in [1.165, 1.54) is 82.6 Å². The molecule has 0 amide bonds. The van der Waals surface area contributed by atoms with Crippen LogP contribution in [0.25, 0.3) is 0 Å². The summed E-state index contributed by atoms with van der Waals surface area (Å²) in [6.07, 6.45) is 22.5. The van der Waals surface area contributed by atoms with Gasteiger partial charge in [0, 0.05) is 42.5 Å². The average Bonchev–Trinajstić information content (AvgIpc) is 3.69. The van der Waals surface area contributed by atoms with Gasteiger partial charge in [0.25, 0.3) is 0 Å². The van der Waals surface area contributed by atoms with Gasteiger partial charge in [-0.3, -0.25) is 4.90 Å². The van der Waals surface area contributed by atoms with E-state index >= 15 is 4.39 Å². The van der Waals surface area contributed by atoms with E-state index in [1.807, 2.05) is 45.2 Å². The quantitative estimate of drug-likeness (QED) is 0.118. The van der Waals surface area contributed by atoms with E-state index in [1.54, 1.807) is 0 Å². The fourth-order valence-electron chi connectivity index (χ4n) is 8.69. The molecule has 42 heavy (non-hydrogen) atoms. The predicted octanol–water partition coefficient (Wildman–Crippen LogP) is 10.0. The predicted molar refractivity (Wildman–Crippen MR) is 189 cm³/mol. The fourth-order valence-corrected chi connectivity index (χ4v) is 9.62. The van der Waals surface area contributed by atoms with Gasteiger partial charge in [0.2, 0.25) is 1.68 Å². The Balaban J connectivity index is 1.17. The zero-order valence-corrected chi connectivity index (χ0v) is 30.1. The minimum atomic E-state index is -1.44. The van der Waals surface area contributed by atoms with Crippen LogP contribution in [0, 0.1) is 35.5 Å². The van der Waals surface area contributed by atoms with Crippen LogP contribution >= 0.6 is 45.2 Å². The van der Waals surface area contributed by atoms with Gasteiger partial charge in [0.1, 0.15) is 0 Å². The Morgan fingerprint density at radius 3 is 2.52 bits per heavy atom. The monoisotopic (exact) mass is 800 g/mol. The van der Waals surface area contributed by atoms with Gasteiger partial charge in [-0.25, -0.2) is 4.39 Å². The number of hydrogen-bond donors (Lipinski definition) is 0. The van der Waals surface area contributed by atoms with E-state index in [9.17, 15) is 0 Å². The number of hydrogen-bond acceptors (Lipinski definition) is 4. The largest absolute Gasteiger partial charge is 0.348 e. The van der Waals surface area contributed by atoms with Crippen LogP contribution in [0.3, 0.4) is 0 Å². The molecule has 0 aromatic carbocycles. The van der Waals surface area contributed by atoms with E-state index in [-0.39, 0.29) is 5.92 Å². The smallest absolute Gasteiger partial charge is 0.235 e. The average molecular weight is 801 g/mol. The lowest BCUT2D eigenvalue weighted by Gasteiger charge is -2.45. The van der Waals surface area contributed by atoms with Crippen molar-refractivity contribution in [2.24, 2.45) is 45.7 Å². The van der Waals surface area contributed by atoms with Crippen molar-refractivity contribution in [1.82, 2.24) is 9.80 Å². The number of likely N-dealkylation sites (tertiary alicyclic amines) is 1. The standard InChI is InChI=1S/C35H51FI2N4/c1-23-7-6-16-41(20-23)21-27-17-31-25(3)42(22-32(31)33(18-27)35(36,37)38)30-11-5-10-29(19-30)34(28-8-4-9-28)24(2)40-39-15-14-26-12-13-26/h17-18,22-24,26,28-31,34H,3-16,19-21H2,1-2H3/b40-39-/t23?,24-,29?,30?,31?,34+/m0/s1. The zero-order chi connectivity index (χ0) is 29.4. The highest BCUT2D eigenvalue weighted by Crippen LogP contribution is 2.52. The third kappa shape index (κ3) is 7.39. The van der Waals surface area contributed by atoms with Crippen LogP contribution in [0.2, 0.25) is 0 Å². The maximum Gasteiger partial charge on any atom is 0.235 e. The summed E-state index contributed by atoms with van der Waals surface area (Å²) in [4.78, 5) is 5.04. The molecule has 7 heteroatoms. The molecular weight excluding hydrogens is 749 g/mol. The molecule has 2 aliphatic heterocycles. The van der Waals surface area contributed by atoms with Gasteiger partial charge in [0.05, 0.1) is 12.6 Å². The Morgan fingerprint density at radius 1 is 1.07 bits per heavy atom. The highest BCUT2D eigenvalue weighted by Gasteiger charge is 2.44. The molecule has 0 aromatic heterocycles. The first-order valence-electron chi connectivity index (χ1n) is 16.9. The van der Waals surface area contributed by atoms with Gasteiger partial charge in [-0.05, 0) is 144 Å². The summed E-state index contributed by atoms with van der Waals surface area (Å²) >= 11 is 3.97. The molecule has 1 saturated heterocycles. The van der Waals surface area contributed by atoms with Gasteiger partial charge in [-0.2, -0.15) is 10.2 Å². The fraction of sp³-hybridized carbons (Fsp3) is 0.771. The second-order valence-electron chi connectivity index (χ2n) is 14.5. The van der Waals surface area contributed by atoms with Crippen molar-refractivity contribution in [3.05, 3.63) is 47.3 Å². The molecule has 4 aliphatic carbocycles. The molecule has 0 N–H and O–H groups in total. The number of halogens is 3. The molecule has 6 rings (SSSR count). The van der Waals surface area contributed by atoms with Crippen LogP contribution in [-0.2, 0) is 0 Å².